The first-order valence-corrected chi connectivity index (χ1v) is 9.47. The van der Waals surface area contributed by atoms with Gasteiger partial charge in [-0.15, -0.1) is 0 Å². The Hall–Kier alpha value is -2.14. The molecule has 0 radical (unpaired) electrons. The van der Waals surface area contributed by atoms with Gasteiger partial charge >= 0.3 is 0 Å². The normalized spacial score (nSPS) is 17.3. The van der Waals surface area contributed by atoms with E-state index >= 15 is 0 Å². The number of benzene rings is 1. The molecule has 0 saturated carbocycles. The molecule has 2 heterocycles. The molecule has 0 spiro atoms. The minimum atomic E-state index is 0.0116. The van der Waals surface area contributed by atoms with Crippen molar-refractivity contribution < 1.29 is 5.11 Å². The Labute approximate surface area is 156 Å². The number of rotatable bonds is 5. The highest BCUT2D eigenvalue weighted by atomic mass is 16.3. The van der Waals surface area contributed by atoms with Crippen molar-refractivity contribution in [3.63, 3.8) is 0 Å². The van der Waals surface area contributed by atoms with Crippen molar-refractivity contribution in [1.29, 1.82) is 0 Å². The zero-order valence-electron chi connectivity index (χ0n) is 16.7. The summed E-state index contributed by atoms with van der Waals surface area (Å²) in [5.74, 6) is 2.94. The number of aliphatic hydroxyl groups excluding tert-OH is 1. The first kappa shape index (κ1) is 18.6. The SMILES string of the molecule is CCC(CO)Nc1nc(C)nc2c1C(C)CN2c1c(C)cc(C)cc1C. The molecule has 0 bridgehead atoms. The first-order chi connectivity index (χ1) is 12.3. The standard InChI is InChI=1S/C21H30N4O/c1-7-17(11-26)24-20-18-15(5)10-25(21(18)23-16(6)22-20)19-13(3)8-12(2)9-14(19)4/h8-9,15,17,26H,7,10-11H2,1-6H3,(H,22,23,24). The van der Waals surface area contributed by atoms with Gasteiger partial charge in [0.1, 0.15) is 17.5 Å². The van der Waals surface area contributed by atoms with Gasteiger partial charge in [0.15, 0.2) is 0 Å². The lowest BCUT2D eigenvalue weighted by molar-refractivity contribution is 0.271. The summed E-state index contributed by atoms with van der Waals surface area (Å²) in [5.41, 5.74) is 6.23. The van der Waals surface area contributed by atoms with Crippen LogP contribution in [0.5, 0.6) is 0 Å². The van der Waals surface area contributed by atoms with Crippen LogP contribution in [-0.4, -0.2) is 34.3 Å². The summed E-state index contributed by atoms with van der Waals surface area (Å²) in [6.07, 6.45) is 0.850. The van der Waals surface area contributed by atoms with Crippen LogP contribution in [0.3, 0.4) is 0 Å². The summed E-state index contributed by atoms with van der Waals surface area (Å²) >= 11 is 0. The topological polar surface area (TPSA) is 61.3 Å². The predicted octanol–water partition coefficient (Wildman–Crippen LogP) is 4.15. The summed E-state index contributed by atoms with van der Waals surface area (Å²) in [5, 5.41) is 13.0. The van der Waals surface area contributed by atoms with Crippen LogP contribution in [0.2, 0.25) is 0 Å². The van der Waals surface area contributed by atoms with Crippen molar-refractivity contribution in [2.75, 3.05) is 23.4 Å². The van der Waals surface area contributed by atoms with Gasteiger partial charge in [0.2, 0.25) is 0 Å². The Balaban J connectivity index is 2.11. The van der Waals surface area contributed by atoms with Gasteiger partial charge in [-0.3, -0.25) is 0 Å². The van der Waals surface area contributed by atoms with E-state index in [2.05, 4.69) is 62.0 Å². The molecule has 2 atom stereocenters. The van der Waals surface area contributed by atoms with Crippen LogP contribution in [0.4, 0.5) is 17.3 Å². The van der Waals surface area contributed by atoms with Crippen LogP contribution < -0.4 is 10.2 Å². The molecule has 0 amide bonds. The number of anilines is 3. The Bertz CT molecular complexity index is 791. The lowest BCUT2D eigenvalue weighted by Crippen LogP contribution is -2.24. The lowest BCUT2D eigenvalue weighted by Gasteiger charge is -2.24. The second kappa shape index (κ2) is 7.23. The molecule has 1 aromatic carbocycles. The Morgan fingerprint density at radius 3 is 2.42 bits per heavy atom. The van der Waals surface area contributed by atoms with Gasteiger partial charge in [0, 0.05) is 23.7 Å². The van der Waals surface area contributed by atoms with Crippen molar-refractivity contribution >= 4 is 17.3 Å². The van der Waals surface area contributed by atoms with E-state index in [-0.39, 0.29) is 12.6 Å². The van der Waals surface area contributed by atoms with Crippen LogP contribution in [-0.2, 0) is 0 Å². The van der Waals surface area contributed by atoms with E-state index in [4.69, 9.17) is 4.98 Å². The number of aliphatic hydroxyl groups is 1. The molecule has 0 saturated heterocycles. The number of nitrogens with zero attached hydrogens (tertiary/aromatic N) is 3. The fourth-order valence-electron chi connectivity index (χ4n) is 4.05. The molecule has 2 unspecified atom stereocenters. The van der Waals surface area contributed by atoms with Gasteiger partial charge in [-0.1, -0.05) is 31.5 Å². The number of aryl methyl sites for hydroxylation is 4. The van der Waals surface area contributed by atoms with Gasteiger partial charge in [-0.25, -0.2) is 9.97 Å². The first-order valence-electron chi connectivity index (χ1n) is 9.47. The molecule has 3 rings (SSSR count). The minimum Gasteiger partial charge on any atom is -0.394 e. The molecule has 2 aromatic rings. The zero-order chi connectivity index (χ0) is 19.0. The van der Waals surface area contributed by atoms with Crippen LogP contribution in [0.15, 0.2) is 12.1 Å². The third kappa shape index (κ3) is 3.28. The third-order valence-electron chi connectivity index (χ3n) is 5.20. The average Bonchev–Trinajstić information content (AvgIpc) is 2.88. The molecule has 0 aliphatic carbocycles. The largest absolute Gasteiger partial charge is 0.394 e. The third-order valence-corrected chi connectivity index (χ3v) is 5.20. The molecule has 5 nitrogen and oxygen atoms in total. The molecule has 5 heteroatoms. The van der Waals surface area contributed by atoms with E-state index in [0.29, 0.717) is 5.92 Å². The van der Waals surface area contributed by atoms with E-state index in [0.717, 1.165) is 36.0 Å². The van der Waals surface area contributed by atoms with Crippen LogP contribution in [0.25, 0.3) is 0 Å². The predicted molar refractivity (Wildman–Crippen MR) is 108 cm³/mol. The molecule has 0 fully saturated rings. The van der Waals surface area contributed by atoms with Crippen molar-refractivity contribution in [2.45, 2.75) is 59.9 Å². The quantitative estimate of drug-likeness (QED) is 0.845. The maximum Gasteiger partial charge on any atom is 0.142 e. The highest BCUT2D eigenvalue weighted by Gasteiger charge is 2.33. The molecule has 1 aliphatic heterocycles. The Morgan fingerprint density at radius 2 is 1.85 bits per heavy atom. The summed E-state index contributed by atoms with van der Waals surface area (Å²) < 4.78 is 0. The molecule has 1 aliphatic rings. The summed E-state index contributed by atoms with van der Waals surface area (Å²) in [6, 6.07) is 4.48. The van der Waals surface area contributed by atoms with Crippen molar-refractivity contribution in [2.24, 2.45) is 0 Å². The fourth-order valence-corrected chi connectivity index (χ4v) is 4.05. The minimum absolute atomic E-state index is 0.0116. The summed E-state index contributed by atoms with van der Waals surface area (Å²) in [7, 11) is 0. The van der Waals surface area contributed by atoms with Crippen LogP contribution in [0, 0.1) is 27.7 Å². The summed E-state index contributed by atoms with van der Waals surface area (Å²) in [6.45, 7) is 13.7. The molecular formula is C21H30N4O. The van der Waals surface area contributed by atoms with Gasteiger partial charge in [-0.2, -0.15) is 0 Å². The van der Waals surface area contributed by atoms with Gasteiger partial charge < -0.3 is 15.3 Å². The molecule has 140 valence electrons. The Morgan fingerprint density at radius 1 is 1.19 bits per heavy atom. The average molecular weight is 354 g/mol. The zero-order valence-corrected chi connectivity index (χ0v) is 16.7. The van der Waals surface area contributed by atoms with Gasteiger partial charge in [0.25, 0.3) is 0 Å². The highest BCUT2D eigenvalue weighted by molar-refractivity contribution is 5.76. The van der Waals surface area contributed by atoms with E-state index in [1.54, 1.807) is 0 Å². The number of hydrogen-bond acceptors (Lipinski definition) is 5. The van der Waals surface area contributed by atoms with Gasteiger partial charge in [0.05, 0.1) is 12.6 Å². The maximum atomic E-state index is 9.58. The van der Waals surface area contributed by atoms with E-state index in [1.165, 1.54) is 22.4 Å². The van der Waals surface area contributed by atoms with Crippen molar-refractivity contribution in [3.05, 3.63) is 40.2 Å². The number of hydrogen-bond donors (Lipinski definition) is 2. The molecule has 26 heavy (non-hydrogen) atoms. The number of fused-ring (bicyclic) bond motifs is 1. The van der Waals surface area contributed by atoms with E-state index in [9.17, 15) is 5.11 Å². The van der Waals surface area contributed by atoms with E-state index in [1.807, 2.05) is 6.92 Å². The fraction of sp³-hybridized carbons (Fsp3) is 0.524. The van der Waals surface area contributed by atoms with E-state index < -0.39 is 0 Å². The number of aromatic nitrogens is 2. The number of nitrogens with one attached hydrogen (secondary N) is 1. The second-order valence-corrected chi connectivity index (χ2v) is 7.55. The Kier molecular flexibility index (Phi) is 5.19. The van der Waals surface area contributed by atoms with Crippen molar-refractivity contribution in [1.82, 2.24) is 9.97 Å². The molecular weight excluding hydrogens is 324 g/mol. The second-order valence-electron chi connectivity index (χ2n) is 7.55. The van der Waals surface area contributed by atoms with Crippen LogP contribution in [0.1, 0.15) is 54.3 Å². The van der Waals surface area contributed by atoms with Crippen molar-refractivity contribution in [3.8, 4) is 0 Å². The highest BCUT2D eigenvalue weighted by Crippen LogP contribution is 2.44. The molecule has 2 N–H and O–H groups in total. The van der Waals surface area contributed by atoms with Crippen LogP contribution >= 0.6 is 0 Å². The lowest BCUT2D eigenvalue weighted by atomic mass is 10.0. The van der Waals surface area contributed by atoms with Gasteiger partial charge in [-0.05, 0) is 45.2 Å². The smallest absolute Gasteiger partial charge is 0.142 e. The summed E-state index contributed by atoms with van der Waals surface area (Å²) in [4.78, 5) is 11.8. The maximum absolute atomic E-state index is 9.58. The molecule has 1 aromatic heterocycles. The monoisotopic (exact) mass is 354 g/mol.